The molecule has 1 unspecified atom stereocenters. The monoisotopic (exact) mass is 249 g/mol. The molecule has 90 valence electrons. The van der Waals surface area contributed by atoms with E-state index < -0.39 is 0 Å². The van der Waals surface area contributed by atoms with Gasteiger partial charge in [0.1, 0.15) is 0 Å². The fraction of sp³-hybridized carbons (Fsp3) is 0.417. The Bertz CT molecular complexity index is 457. The molecular formula is C12H15N3OS. The first kappa shape index (κ1) is 12.0. The predicted octanol–water partition coefficient (Wildman–Crippen LogP) is 1.18. The summed E-state index contributed by atoms with van der Waals surface area (Å²) in [5.74, 6) is 0.277. The fourth-order valence-electron chi connectivity index (χ4n) is 1.76. The van der Waals surface area contributed by atoms with Crippen LogP contribution in [-0.4, -0.2) is 21.9 Å². The summed E-state index contributed by atoms with van der Waals surface area (Å²) in [5.41, 5.74) is 7.05. The molecule has 0 radical (unpaired) electrons. The van der Waals surface area contributed by atoms with Crippen molar-refractivity contribution in [2.24, 2.45) is 11.7 Å². The molecule has 1 aliphatic carbocycles. The van der Waals surface area contributed by atoms with Gasteiger partial charge in [-0.1, -0.05) is 12.2 Å². The van der Waals surface area contributed by atoms with Crippen LogP contribution >= 0.6 is 12.2 Å². The van der Waals surface area contributed by atoms with E-state index in [4.69, 9.17) is 18.0 Å². The molecule has 1 saturated carbocycles. The van der Waals surface area contributed by atoms with Crippen molar-refractivity contribution in [3.63, 3.8) is 0 Å². The molecule has 1 atom stereocenters. The third-order valence-electron chi connectivity index (χ3n) is 2.85. The largest absolute Gasteiger partial charge is 0.392 e. The second-order valence-corrected chi connectivity index (χ2v) is 4.85. The molecule has 1 heterocycles. The molecule has 0 bridgehead atoms. The molecule has 1 aromatic heterocycles. The maximum Gasteiger partial charge on any atom is 0.251 e. The number of rotatable bonds is 4. The Balaban J connectivity index is 2.07. The standard InChI is InChI=1S/C12H15N3OS/c1-7-6-9(4-5-14-7)12(16)15-10(11(13)17)8-2-3-8/h4-6,8,10H,2-3H2,1H3,(H2,13,17)(H,15,16). The Morgan fingerprint density at radius 3 is 2.88 bits per heavy atom. The van der Waals surface area contributed by atoms with Crippen LogP contribution in [0.5, 0.6) is 0 Å². The molecule has 3 N–H and O–H groups in total. The first-order valence-electron chi connectivity index (χ1n) is 5.61. The topological polar surface area (TPSA) is 68.0 Å². The van der Waals surface area contributed by atoms with Gasteiger partial charge < -0.3 is 11.1 Å². The first-order chi connectivity index (χ1) is 8.08. The zero-order valence-corrected chi connectivity index (χ0v) is 10.5. The third-order valence-corrected chi connectivity index (χ3v) is 3.10. The highest BCUT2D eigenvalue weighted by molar-refractivity contribution is 7.80. The summed E-state index contributed by atoms with van der Waals surface area (Å²) < 4.78 is 0. The highest BCUT2D eigenvalue weighted by Crippen LogP contribution is 2.32. The van der Waals surface area contributed by atoms with Crippen LogP contribution in [-0.2, 0) is 0 Å². The van der Waals surface area contributed by atoms with E-state index in [9.17, 15) is 4.79 Å². The number of nitrogens with one attached hydrogen (secondary N) is 1. The van der Waals surface area contributed by atoms with Gasteiger partial charge in [0.05, 0.1) is 11.0 Å². The quantitative estimate of drug-likeness (QED) is 0.786. The van der Waals surface area contributed by atoms with Crippen LogP contribution < -0.4 is 11.1 Å². The van der Waals surface area contributed by atoms with Crippen LogP contribution in [0.4, 0.5) is 0 Å². The molecule has 2 rings (SSSR count). The van der Waals surface area contributed by atoms with Gasteiger partial charge in [-0.2, -0.15) is 0 Å². The van der Waals surface area contributed by atoms with E-state index in [0.29, 0.717) is 16.5 Å². The van der Waals surface area contributed by atoms with Gasteiger partial charge in [-0.05, 0) is 37.8 Å². The first-order valence-corrected chi connectivity index (χ1v) is 6.01. The fourth-order valence-corrected chi connectivity index (χ4v) is 2.01. The molecule has 0 aliphatic heterocycles. The average molecular weight is 249 g/mol. The van der Waals surface area contributed by atoms with Gasteiger partial charge in [-0.15, -0.1) is 0 Å². The van der Waals surface area contributed by atoms with Crippen molar-refractivity contribution in [3.8, 4) is 0 Å². The van der Waals surface area contributed by atoms with Gasteiger partial charge >= 0.3 is 0 Å². The van der Waals surface area contributed by atoms with E-state index in [-0.39, 0.29) is 11.9 Å². The summed E-state index contributed by atoms with van der Waals surface area (Å²) in [4.78, 5) is 16.4. The van der Waals surface area contributed by atoms with Crippen molar-refractivity contribution < 1.29 is 4.79 Å². The molecule has 0 aromatic carbocycles. The van der Waals surface area contributed by atoms with E-state index in [2.05, 4.69) is 10.3 Å². The lowest BCUT2D eigenvalue weighted by Gasteiger charge is -2.16. The minimum atomic E-state index is -0.175. The van der Waals surface area contributed by atoms with E-state index in [1.54, 1.807) is 18.3 Å². The second kappa shape index (κ2) is 4.79. The van der Waals surface area contributed by atoms with Crippen molar-refractivity contribution in [1.29, 1.82) is 0 Å². The lowest BCUT2D eigenvalue weighted by atomic mass is 10.1. The van der Waals surface area contributed by atoms with Gasteiger partial charge in [0.15, 0.2) is 0 Å². The molecule has 1 amide bonds. The van der Waals surface area contributed by atoms with Gasteiger partial charge in [0, 0.05) is 17.5 Å². The smallest absolute Gasteiger partial charge is 0.251 e. The highest BCUT2D eigenvalue weighted by atomic mass is 32.1. The molecular weight excluding hydrogens is 234 g/mol. The third kappa shape index (κ3) is 3.00. The number of thiocarbonyl (C=S) groups is 1. The molecule has 1 aliphatic rings. The number of carbonyl (C=O) groups is 1. The zero-order valence-electron chi connectivity index (χ0n) is 9.64. The van der Waals surface area contributed by atoms with Gasteiger partial charge in [-0.3, -0.25) is 9.78 Å². The van der Waals surface area contributed by atoms with Gasteiger partial charge in [-0.25, -0.2) is 0 Å². The van der Waals surface area contributed by atoms with Gasteiger partial charge in [0.25, 0.3) is 5.91 Å². The normalized spacial score (nSPS) is 16.3. The van der Waals surface area contributed by atoms with Crippen molar-refractivity contribution in [2.45, 2.75) is 25.8 Å². The minimum Gasteiger partial charge on any atom is -0.392 e. The maximum atomic E-state index is 12.0. The average Bonchev–Trinajstić information content (AvgIpc) is 3.09. The van der Waals surface area contributed by atoms with Crippen molar-refractivity contribution in [1.82, 2.24) is 10.3 Å². The summed E-state index contributed by atoms with van der Waals surface area (Å²) in [7, 11) is 0. The van der Waals surface area contributed by atoms with Crippen LogP contribution in [0.2, 0.25) is 0 Å². The van der Waals surface area contributed by atoms with Crippen LogP contribution in [0.15, 0.2) is 18.3 Å². The van der Waals surface area contributed by atoms with Crippen LogP contribution in [0.1, 0.15) is 28.9 Å². The summed E-state index contributed by atoms with van der Waals surface area (Å²) in [6.45, 7) is 1.85. The lowest BCUT2D eigenvalue weighted by molar-refractivity contribution is 0.0943. The highest BCUT2D eigenvalue weighted by Gasteiger charge is 2.34. The van der Waals surface area contributed by atoms with Gasteiger partial charge in [0.2, 0.25) is 0 Å². The number of pyridine rings is 1. The number of aromatic nitrogens is 1. The Hall–Kier alpha value is -1.49. The number of nitrogens with zero attached hydrogens (tertiary/aromatic N) is 1. The number of hydrogen-bond donors (Lipinski definition) is 2. The number of amides is 1. The Morgan fingerprint density at radius 2 is 2.35 bits per heavy atom. The summed E-state index contributed by atoms with van der Waals surface area (Å²) in [6.07, 6.45) is 3.78. The van der Waals surface area contributed by atoms with Crippen molar-refractivity contribution >= 4 is 23.1 Å². The number of aryl methyl sites for hydroxylation is 1. The Morgan fingerprint density at radius 1 is 1.65 bits per heavy atom. The Kier molecular flexibility index (Phi) is 3.38. The number of carbonyl (C=O) groups excluding carboxylic acids is 1. The number of hydrogen-bond acceptors (Lipinski definition) is 3. The SMILES string of the molecule is Cc1cc(C(=O)NC(C(N)=S)C2CC2)ccn1. The molecule has 1 fully saturated rings. The molecule has 4 nitrogen and oxygen atoms in total. The number of nitrogens with two attached hydrogens (primary N) is 1. The van der Waals surface area contributed by atoms with E-state index in [1.165, 1.54) is 0 Å². The summed E-state index contributed by atoms with van der Waals surface area (Å²) in [6, 6.07) is 3.26. The molecule has 0 saturated heterocycles. The maximum absolute atomic E-state index is 12.0. The molecule has 17 heavy (non-hydrogen) atoms. The van der Waals surface area contributed by atoms with Crippen molar-refractivity contribution in [2.75, 3.05) is 0 Å². The van der Waals surface area contributed by atoms with E-state index in [0.717, 1.165) is 18.5 Å². The van der Waals surface area contributed by atoms with Crippen LogP contribution in [0.3, 0.4) is 0 Å². The molecule has 1 aromatic rings. The lowest BCUT2D eigenvalue weighted by Crippen LogP contribution is -2.45. The van der Waals surface area contributed by atoms with Crippen molar-refractivity contribution in [3.05, 3.63) is 29.6 Å². The summed E-state index contributed by atoms with van der Waals surface area (Å²) >= 11 is 4.98. The van der Waals surface area contributed by atoms with Crippen LogP contribution in [0.25, 0.3) is 0 Å². The Labute approximate surface area is 106 Å². The minimum absolute atomic E-state index is 0.139. The zero-order chi connectivity index (χ0) is 12.4. The van der Waals surface area contributed by atoms with E-state index >= 15 is 0 Å². The van der Waals surface area contributed by atoms with Crippen LogP contribution in [0, 0.1) is 12.8 Å². The predicted molar refractivity (Wildman–Crippen MR) is 69.7 cm³/mol. The summed E-state index contributed by atoms with van der Waals surface area (Å²) in [5, 5.41) is 2.89. The van der Waals surface area contributed by atoms with E-state index in [1.807, 2.05) is 6.92 Å². The molecule has 0 spiro atoms. The molecule has 5 heteroatoms. The second-order valence-electron chi connectivity index (χ2n) is 4.38.